The lowest BCUT2D eigenvalue weighted by molar-refractivity contribution is 0.522. The molecule has 0 fully saturated rings. The van der Waals surface area contributed by atoms with Crippen LogP contribution in [-0.4, -0.2) is 0 Å². The summed E-state index contributed by atoms with van der Waals surface area (Å²) in [5.74, 6) is 0. The van der Waals surface area contributed by atoms with Gasteiger partial charge in [0, 0.05) is 0 Å². The van der Waals surface area contributed by atoms with Crippen molar-refractivity contribution in [2.24, 2.45) is 0 Å². The number of allylic oxidation sites excluding steroid dienone is 2. The van der Waals surface area contributed by atoms with E-state index in [2.05, 4.69) is 26.0 Å². The van der Waals surface area contributed by atoms with E-state index < -0.39 is 0 Å². The van der Waals surface area contributed by atoms with Gasteiger partial charge in [-0.2, -0.15) is 0 Å². The van der Waals surface area contributed by atoms with E-state index in [0.717, 1.165) is 0 Å². The molecule has 0 aromatic rings. The predicted octanol–water partition coefficient (Wildman–Crippen LogP) is 9.77. The Morgan fingerprint density at radius 1 is 0.400 bits per heavy atom. The third-order valence-corrected chi connectivity index (χ3v) is 5.46. The molecule has 0 saturated heterocycles. The van der Waals surface area contributed by atoms with Crippen LogP contribution in [0.25, 0.3) is 0 Å². The topological polar surface area (TPSA) is 0 Å². The van der Waals surface area contributed by atoms with Gasteiger partial charge in [0.2, 0.25) is 0 Å². The van der Waals surface area contributed by atoms with Gasteiger partial charge in [-0.05, 0) is 19.8 Å². The first kappa shape index (κ1) is 24.7. The first-order chi connectivity index (χ1) is 12.4. The largest absolute Gasteiger partial charge is 0.0917 e. The van der Waals surface area contributed by atoms with E-state index in [1.54, 1.807) is 0 Å². The van der Waals surface area contributed by atoms with E-state index in [1.807, 2.05) is 0 Å². The zero-order valence-electron chi connectivity index (χ0n) is 18.0. The molecule has 0 aliphatic heterocycles. The number of rotatable bonds is 21. The summed E-state index contributed by atoms with van der Waals surface area (Å²) in [7, 11) is 0. The summed E-state index contributed by atoms with van der Waals surface area (Å²) in [5, 5.41) is 0. The highest BCUT2D eigenvalue weighted by atomic mass is 14.0. The molecule has 0 atom stereocenters. The predicted molar refractivity (Wildman–Crippen MR) is 117 cm³/mol. The monoisotopic (exact) mass is 350 g/mol. The Bertz CT molecular complexity index is 240. The van der Waals surface area contributed by atoms with Crippen molar-refractivity contribution in [2.75, 3.05) is 0 Å². The second kappa shape index (κ2) is 23.7. The first-order valence-electron chi connectivity index (χ1n) is 12.0. The van der Waals surface area contributed by atoms with Gasteiger partial charge in [-0.15, -0.1) is 0 Å². The van der Waals surface area contributed by atoms with Gasteiger partial charge in [-0.3, -0.25) is 0 Å². The highest BCUT2D eigenvalue weighted by Gasteiger charge is 1.95. The molecule has 0 heteroatoms. The van der Waals surface area contributed by atoms with Crippen LogP contribution in [0.3, 0.4) is 0 Å². The molecule has 0 N–H and O–H groups in total. The summed E-state index contributed by atoms with van der Waals surface area (Å²) in [6, 6.07) is 0. The summed E-state index contributed by atoms with van der Waals surface area (Å²) in [6.45, 7) is 4.42. The van der Waals surface area contributed by atoms with Gasteiger partial charge < -0.3 is 0 Å². The van der Waals surface area contributed by atoms with E-state index in [-0.39, 0.29) is 0 Å². The molecule has 0 aliphatic carbocycles. The lowest BCUT2D eigenvalue weighted by Crippen LogP contribution is -1.84. The van der Waals surface area contributed by atoms with Crippen LogP contribution in [0.2, 0.25) is 0 Å². The molecule has 0 unspecified atom stereocenters. The Hall–Kier alpha value is -0.260. The highest BCUT2D eigenvalue weighted by Crippen LogP contribution is 2.15. The minimum Gasteiger partial charge on any atom is -0.0917 e. The maximum Gasteiger partial charge on any atom is -0.0351 e. The van der Waals surface area contributed by atoms with Gasteiger partial charge in [0.05, 0.1) is 0 Å². The minimum absolute atomic E-state index is 1.29. The second-order valence-corrected chi connectivity index (χ2v) is 8.08. The second-order valence-electron chi connectivity index (χ2n) is 8.08. The van der Waals surface area contributed by atoms with Gasteiger partial charge in [-0.25, -0.2) is 0 Å². The zero-order chi connectivity index (χ0) is 18.3. The number of hydrogen-bond acceptors (Lipinski definition) is 0. The molecular weight excluding hydrogens is 300 g/mol. The Balaban J connectivity index is 2.96. The van der Waals surface area contributed by atoms with E-state index in [1.165, 1.54) is 135 Å². The third-order valence-electron chi connectivity index (χ3n) is 5.46. The molecule has 0 aromatic carbocycles. The lowest BCUT2D eigenvalue weighted by atomic mass is 10.0. The van der Waals surface area contributed by atoms with Gasteiger partial charge >= 0.3 is 0 Å². The van der Waals surface area contributed by atoms with Gasteiger partial charge in [0.15, 0.2) is 0 Å². The van der Waals surface area contributed by atoms with Crippen LogP contribution in [0.15, 0.2) is 12.2 Å². The molecule has 0 rings (SSSR count). The van der Waals surface area contributed by atoms with E-state index in [4.69, 9.17) is 0 Å². The van der Waals surface area contributed by atoms with Crippen molar-refractivity contribution in [3.63, 3.8) is 0 Å². The van der Waals surface area contributed by atoms with E-state index in [9.17, 15) is 0 Å². The zero-order valence-corrected chi connectivity index (χ0v) is 18.0. The molecular formula is C25H50. The van der Waals surface area contributed by atoms with Crippen LogP contribution >= 0.6 is 0 Å². The molecule has 0 aliphatic rings. The highest BCUT2D eigenvalue weighted by molar-refractivity contribution is 4.76. The first-order valence-corrected chi connectivity index (χ1v) is 12.0. The smallest absolute Gasteiger partial charge is 0.0351 e. The average Bonchev–Trinajstić information content (AvgIpc) is 2.63. The van der Waals surface area contributed by atoms with Crippen LogP contribution in [0.4, 0.5) is 0 Å². The fraction of sp³-hybridized carbons (Fsp3) is 0.920. The van der Waals surface area contributed by atoms with Crippen molar-refractivity contribution in [3.05, 3.63) is 12.2 Å². The lowest BCUT2D eigenvalue weighted by Gasteiger charge is -2.04. The van der Waals surface area contributed by atoms with Crippen molar-refractivity contribution in [2.45, 2.75) is 149 Å². The minimum atomic E-state index is 1.29. The Labute approximate surface area is 161 Å². The fourth-order valence-corrected chi connectivity index (χ4v) is 3.68. The maximum atomic E-state index is 2.30. The SMILES string of the molecule is CC=CCCCCCCCCCCCCCCCCCCCCCC. The Kier molecular flexibility index (Phi) is 23.5. The molecule has 0 radical (unpaired) electrons. The molecule has 0 heterocycles. The number of hydrogen-bond donors (Lipinski definition) is 0. The van der Waals surface area contributed by atoms with Crippen LogP contribution in [-0.2, 0) is 0 Å². The average molecular weight is 351 g/mol. The van der Waals surface area contributed by atoms with E-state index in [0.29, 0.717) is 0 Å². The Morgan fingerprint density at radius 2 is 0.680 bits per heavy atom. The molecule has 25 heavy (non-hydrogen) atoms. The summed E-state index contributed by atoms with van der Waals surface area (Å²) < 4.78 is 0. The molecule has 0 amide bonds. The molecule has 0 aromatic heterocycles. The van der Waals surface area contributed by atoms with Crippen LogP contribution in [0.1, 0.15) is 149 Å². The molecule has 0 nitrogen and oxygen atoms in total. The summed E-state index contributed by atoms with van der Waals surface area (Å²) >= 11 is 0. The van der Waals surface area contributed by atoms with Crippen LogP contribution < -0.4 is 0 Å². The molecule has 0 bridgehead atoms. The van der Waals surface area contributed by atoms with Crippen LogP contribution in [0.5, 0.6) is 0 Å². The van der Waals surface area contributed by atoms with Crippen molar-refractivity contribution in [1.29, 1.82) is 0 Å². The molecule has 0 spiro atoms. The van der Waals surface area contributed by atoms with Crippen molar-refractivity contribution in [1.82, 2.24) is 0 Å². The third kappa shape index (κ3) is 23.7. The molecule has 150 valence electrons. The molecule has 0 saturated carbocycles. The van der Waals surface area contributed by atoms with Crippen molar-refractivity contribution < 1.29 is 0 Å². The van der Waals surface area contributed by atoms with Crippen molar-refractivity contribution in [3.8, 4) is 0 Å². The van der Waals surface area contributed by atoms with Crippen LogP contribution in [0, 0.1) is 0 Å². The standard InChI is InChI=1S/C25H50/c1-3-5-7-9-11-13-15-17-19-21-23-25-24-22-20-18-16-14-12-10-8-6-4-2/h3,5H,4,6-25H2,1-2H3. The Morgan fingerprint density at radius 3 is 0.960 bits per heavy atom. The van der Waals surface area contributed by atoms with E-state index >= 15 is 0 Å². The summed E-state index contributed by atoms with van der Waals surface area (Å²) in [6.07, 6.45) is 35.1. The normalized spacial score (nSPS) is 11.6. The van der Waals surface area contributed by atoms with Gasteiger partial charge in [0.1, 0.15) is 0 Å². The quantitative estimate of drug-likeness (QED) is 0.143. The maximum absolute atomic E-state index is 2.30. The van der Waals surface area contributed by atoms with Crippen molar-refractivity contribution >= 4 is 0 Å². The van der Waals surface area contributed by atoms with Gasteiger partial charge in [-0.1, -0.05) is 141 Å². The summed E-state index contributed by atoms with van der Waals surface area (Å²) in [5.41, 5.74) is 0. The number of unbranched alkanes of at least 4 members (excludes halogenated alkanes) is 20. The summed E-state index contributed by atoms with van der Waals surface area (Å²) in [4.78, 5) is 0. The van der Waals surface area contributed by atoms with Gasteiger partial charge in [0.25, 0.3) is 0 Å². The fourth-order valence-electron chi connectivity index (χ4n) is 3.68.